The predicted octanol–water partition coefficient (Wildman–Crippen LogP) is 3.33. The molecule has 2 aromatic carbocycles. The van der Waals surface area contributed by atoms with E-state index in [1.165, 1.54) is 6.33 Å². The van der Waals surface area contributed by atoms with Crippen molar-refractivity contribution in [3.63, 3.8) is 0 Å². The van der Waals surface area contributed by atoms with Crippen LogP contribution >= 0.6 is 23.2 Å². The van der Waals surface area contributed by atoms with Gasteiger partial charge in [-0.25, -0.2) is 9.67 Å². The molecule has 0 bridgehead atoms. The summed E-state index contributed by atoms with van der Waals surface area (Å²) in [6.45, 7) is 0.938. The minimum atomic E-state index is -0.224. The molecule has 8 heteroatoms. The van der Waals surface area contributed by atoms with Crippen LogP contribution in [-0.2, 0) is 17.9 Å². The van der Waals surface area contributed by atoms with Crippen LogP contribution in [0.3, 0.4) is 0 Å². The molecule has 3 aromatic rings. The van der Waals surface area contributed by atoms with Crippen LogP contribution in [0, 0.1) is 0 Å². The quantitative estimate of drug-likeness (QED) is 0.671. The number of aromatic nitrogens is 3. The molecule has 1 aromatic heterocycles. The Morgan fingerprint density at radius 2 is 1.96 bits per heavy atom. The molecule has 0 saturated carbocycles. The molecule has 0 aliphatic heterocycles. The molecule has 6 nitrogen and oxygen atoms in total. The van der Waals surface area contributed by atoms with Crippen molar-refractivity contribution in [2.75, 3.05) is 6.61 Å². The van der Waals surface area contributed by atoms with Crippen molar-refractivity contribution in [2.45, 2.75) is 13.1 Å². The highest BCUT2D eigenvalue weighted by Crippen LogP contribution is 2.26. The van der Waals surface area contributed by atoms with Crippen molar-refractivity contribution in [2.24, 2.45) is 0 Å². The second-order valence-corrected chi connectivity index (χ2v) is 6.37. The van der Waals surface area contributed by atoms with Crippen LogP contribution in [-0.4, -0.2) is 27.3 Å². The van der Waals surface area contributed by atoms with Crippen molar-refractivity contribution in [1.29, 1.82) is 0 Å². The highest BCUT2D eigenvalue weighted by molar-refractivity contribution is 6.42. The van der Waals surface area contributed by atoms with E-state index in [2.05, 4.69) is 15.4 Å². The Labute approximate surface area is 160 Å². The number of rotatable bonds is 7. The number of hydrogen-bond acceptors (Lipinski definition) is 4. The Morgan fingerprint density at radius 1 is 1.12 bits per heavy atom. The van der Waals surface area contributed by atoms with E-state index in [-0.39, 0.29) is 12.5 Å². The third kappa shape index (κ3) is 5.21. The second-order valence-electron chi connectivity index (χ2n) is 5.55. The maximum atomic E-state index is 12.0. The standard InChI is InChI=1S/C18H16Cl2N4O2/c19-16-5-4-15(7-17(16)20)26-10-18(25)22-8-13-2-1-3-14(6-13)9-24-12-21-11-23-24/h1-7,11-12H,8-10H2,(H,22,25). The first-order chi connectivity index (χ1) is 12.6. The van der Waals surface area contributed by atoms with Crippen LogP contribution in [0.25, 0.3) is 0 Å². The van der Waals surface area contributed by atoms with Gasteiger partial charge in [-0.05, 0) is 23.3 Å². The second kappa shape index (κ2) is 8.69. The lowest BCUT2D eigenvalue weighted by molar-refractivity contribution is -0.123. The summed E-state index contributed by atoms with van der Waals surface area (Å²) in [7, 11) is 0. The van der Waals surface area contributed by atoms with Crippen LogP contribution in [0.2, 0.25) is 10.0 Å². The van der Waals surface area contributed by atoms with Gasteiger partial charge in [0.1, 0.15) is 18.4 Å². The molecule has 26 heavy (non-hydrogen) atoms. The summed E-state index contributed by atoms with van der Waals surface area (Å²) in [4.78, 5) is 15.9. The lowest BCUT2D eigenvalue weighted by Crippen LogP contribution is -2.28. The summed E-state index contributed by atoms with van der Waals surface area (Å²) < 4.78 is 7.15. The number of benzene rings is 2. The average molecular weight is 391 g/mol. The van der Waals surface area contributed by atoms with Gasteiger partial charge in [0.15, 0.2) is 6.61 Å². The minimum Gasteiger partial charge on any atom is -0.484 e. The fourth-order valence-corrected chi connectivity index (χ4v) is 2.59. The van der Waals surface area contributed by atoms with Gasteiger partial charge in [-0.3, -0.25) is 4.79 Å². The molecule has 0 aliphatic carbocycles. The molecule has 0 radical (unpaired) electrons. The zero-order valence-corrected chi connectivity index (χ0v) is 15.2. The molecular formula is C18H16Cl2N4O2. The Kier molecular flexibility index (Phi) is 6.09. The Balaban J connectivity index is 1.48. The first kappa shape index (κ1) is 18.2. The van der Waals surface area contributed by atoms with Gasteiger partial charge < -0.3 is 10.1 Å². The van der Waals surface area contributed by atoms with Crippen LogP contribution in [0.15, 0.2) is 55.1 Å². The molecule has 1 N–H and O–H groups in total. The molecule has 0 fully saturated rings. The number of nitrogens with one attached hydrogen (secondary N) is 1. The van der Waals surface area contributed by atoms with Crippen molar-refractivity contribution in [3.8, 4) is 5.75 Å². The van der Waals surface area contributed by atoms with E-state index in [9.17, 15) is 4.79 Å². The largest absolute Gasteiger partial charge is 0.484 e. The zero-order chi connectivity index (χ0) is 18.4. The topological polar surface area (TPSA) is 69.0 Å². The molecular weight excluding hydrogens is 375 g/mol. The SMILES string of the molecule is O=C(COc1ccc(Cl)c(Cl)c1)NCc1cccc(Cn2cncn2)c1. The number of carbonyl (C=O) groups excluding carboxylic acids is 1. The summed E-state index contributed by atoms with van der Waals surface area (Å²) in [6, 6.07) is 12.8. The smallest absolute Gasteiger partial charge is 0.258 e. The van der Waals surface area contributed by atoms with Gasteiger partial charge in [0, 0.05) is 12.6 Å². The summed E-state index contributed by atoms with van der Waals surface area (Å²) in [6.07, 6.45) is 3.16. The third-order valence-electron chi connectivity index (χ3n) is 3.55. The number of ether oxygens (including phenoxy) is 1. The first-order valence-corrected chi connectivity index (χ1v) is 8.60. The van der Waals surface area contributed by atoms with E-state index < -0.39 is 0 Å². The number of halogens is 2. The summed E-state index contributed by atoms with van der Waals surface area (Å²) in [5, 5.41) is 7.73. The normalized spacial score (nSPS) is 10.5. The minimum absolute atomic E-state index is 0.101. The van der Waals surface area contributed by atoms with Gasteiger partial charge in [0.25, 0.3) is 5.91 Å². The number of hydrogen-bond donors (Lipinski definition) is 1. The van der Waals surface area contributed by atoms with Gasteiger partial charge in [0.2, 0.25) is 0 Å². The fraction of sp³-hybridized carbons (Fsp3) is 0.167. The van der Waals surface area contributed by atoms with Crippen molar-refractivity contribution in [1.82, 2.24) is 20.1 Å². The monoisotopic (exact) mass is 390 g/mol. The van der Waals surface area contributed by atoms with Gasteiger partial charge in [-0.15, -0.1) is 0 Å². The van der Waals surface area contributed by atoms with Crippen LogP contribution in [0.1, 0.15) is 11.1 Å². The van der Waals surface area contributed by atoms with Crippen LogP contribution in [0.5, 0.6) is 5.75 Å². The number of nitrogens with zero attached hydrogens (tertiary/aromatic N) is 3. The summed E-state index contributed by atoms with van der Waals surface area (Å²) in [5.41, 5.74) is 2.07. The van der Waals surface area contributed by atoms with Crippen LogP contribution in [0.4, 0.5) is 0 Å². The van der Waals surface area contributed by atoms with Gasteiger partial charge in [0.05, 0.1) is 16.6 Å². The highest BCUT2D eigenvalue weighted by atomic mass is 35.5. The molecule has 0 aliphatic rings. The van der Waals surface area contributed by atoms with Crippen molar-refractivity contribution >= 4 is 29.1 Å². The van der Waals surface area contributed by atoms with Gasteiger partial charge in [-0.1, -0.05) is 47.5 Å². The molecule has 1 heterocycles. The molecule has 3 rings (SSSR count). The maximum Gasteiger partial charge on any atom is 0.258 e. The highest BCUT2D eigenvalue weighted by Gasteiger charge is 2.06. The Bertz CT molecular complexity index is 885. The Hall–Kier alpha value is -2.57. The summed E-state index contributed by atoms with van der Waals surface area (Å²) in [5.74, 6) is 0.266. The van der Waals surface area contributed by atoms with E-state index in [0.717, 1.165) is 11.1 Å². The number of carbonyl (C=O) groups is 1. The first-order valence-electron chi connectivity index (χ1n) is 7.85. The average Bonchev–Trinajstić information content (AvgIpc) is 3.14. The van der Waals surface area contributed by atoms with E-state index in [0.29, 0.717) is 28.9 Å². The zero-order valence-electron chi connectivity index (χ0n) is 13.7. The molecule has 0 spiro atoms. The fourth-order valence-electron chi connectivity index (χ4n) is 2.31. The maximum absolute atomic E-state index is 12.0. The number of amides is 1. The third-order valence-corrected chi connectivity index (χ3v) is 4.29. The lowest BCUT2D eigenvalue weighted by atomic mass is 10.1. The van der Waals surface area contributed by atoms with Crippen LogP contribution < -0.4 is 10.1 Å². The van der Waals surface area contributed by atoms with E-state index in [1.54, 1.807) is 29.2 Å². The van der Waals surface area contributed by atoms with E-state index in [1.807, 2.05) is 24.3 Å². The molecule has 0 atom stereocenters. The Morgan fingerprint density at radius 3 is 2.73 bits per heavy atom. The lowest BCUT2D eigenvalue weighted by Gasteiger charge is -2.09. The van der Waals surface area contributed by atoms with Gasteiger partial charge in [-0.2, -0.15) is 5.10 Å². The van der Waals surface area contributed by atoms with Gasteiger partial charge >= 0.3 is 0 Å². The van der Waals surface area contributed by atoms with E-state index >= 15 is 0 Å². The molecule has 0 unspecified atom stereocenters. The summed E-state index contributed by atoms with van der Waals surface area (Å²) >= 11 is 11.8. The van der Waals surface area contributed by atoms with Crippen molar-refractivity contribution in [3.05, 3.63) is 76.3 Å². The molecule has 134 valence electrons. The predicted molar refractivity (Wildman–Crippen MR) is 99.4 cm³/mol. The van der Waals surface area contributed by atoms with E-state index in [4.69, 9.17) is 27.9 Å². The molecule has 0 saturated heterocycles. The van der Waals surface area contributed by atoms with Crippen molar-refractivity contribution < 1.29 is 9.53 Å². The molecule has 1 amide bonds.